The lowest BCUT2D eigenvalue weighted by atomic mass is 9.92. The van der Waals surface area contributed by atoms with Crippen molar-refractivity contribution in [1.29, 1.82) is 0 Å². The molecule has 0 aliphatic heterocycles. The van der Waals surface area contributed by atoms with Crippen LogP contribution in [-0.2, 0) is 19.3 Å². The maximum absolute atomic E-state index is 2.29. The van der Waals surface area contributed by atoms with Gasteiger partial charge >= 0.3 is 0 Å². The molecule has 0 bridgehead atoms. The number of hydrogen-bond donors (Lipinski definition) is 0. The van der Waals surface area contributed by atoms with Gasteiger partial charge in [0.15, 0.2) is 0 Å². The first kappa shape index (κ1) is 11.3. The molecule has 1 aromatic carbocycles. The van der Waals surface area contributed by atoms with Crippen molar-refractivity contribution in [1.82, 2.24) is 0 Å². The fourth-order valence-corrected chi connectivity index (χ4v) is 2.10. The van der Waals surface area contributed by atoms with E-state index in [1.165, 1.54) is 18.4 Å². The molecule has 0 spiro atoms. The van der Waals surface area contributed by atoms with Gasteiger partial charge in [0.2, 0.25) is 0 Å². The van der Waals surface area contributed by atoms with Crippen molar-refractivity contribution in [3.63, 3.8) is 0 Å². The Morgan fingerprint density at radius 1 is 1.00 bits per heavy atom. The van der Waals surface area contributed by atoms with Crippen LogP contribution in [0.5, 0.6) is 0 Å². The van der Waals surface area contributed by atoms with Crippen LogP contribution < -0.4 is 0 Å². The zero-order valence-corrected chi connectivity index (χ0v) is 9.93. The topological polar surface area (TPSA) is 0 Å². The van der Waals surface area contributed by atoms with Crippen molar-refractivity contribution in [3.8, 4) is 0 Å². The van der Waals surface area contributed by atoms with Gasteiger partial charge in [0, 0.05) is 0 Å². The molecule has 1 aromatic rings. The van der Waals surface area contributed by atoms with Gasteiger partial charge in [-0.15, -0.1) is 0 Å². The molecule has 0 N–H and O–H groups in total. The van der Waals surface area contributed by atoms with E-state index in [1.807, 2.05) is 0 Å². The number of hydrogen-bond acceptors (Lipinski definition) is 0. The predicted octanol–water partition coefficient (Wildman–Crippen LogP) is 4.01. The van der Waals surface area contributed by atoms with Crippen molar-refractivity contribution < 1.29 is 0 Å². The van der Waals surface area contributed by atoms with Gasteiger partial charge < -0.3 is 0 Å². The van der Waals surface area contributed by atoms with Crippen LogP contribution in [0.4, 0.5) is 0 Å². The first-order chi connectivity index (χ1) is 6.69. The van der Waals surface area contributed by atoms with E-state index in [9.17, 15) is 0 Å². The third kappa shape index (κ3) is 2.60. The van der Waals surface area contributed by atoms with Crippen LogP contribution in [0.3, 0.4) is 0 Å². The van der Waals surface area contributed by atoms with Gasteiger partial charge in [-0.3, -0.25) is 0 Å². The fraction of sp³-hybridized carbons (Fsp3) is 0.571. The second kappa shape index (κ2) is 5.19. The highest BCUT2D eigenvalue weighted by Crippen LogP contribution is 2.19. The Labute approximate surface area is 88.4 Å². The van der Waals surface area contributed by atoms with Crippen molar-refractivity contribution in [2.45, 2.75) is 47.0 Å². The molecule has 0 heteroatoms. The number of benzene rings is 1. The molecule has 14 heavy (non-hydrogen) atoms. The summed E-state index contributed by atoms with van der Waals surface area (Å²) in [5.41, 5.74) is 4.68. The molecule has 0 unspecified atom stereocenters. The molecule has 0 heterocycles. The van der Waals surface area contributed by atoms with Gasteiger partial charge in [0.25, 0.3) is 0 Å². The summed E-state index contributed by atoms with van der Waals surface area (Å²) in [6.45, 7) is 9.09. The Hall–Kier alpha value is -0.780. The molecule has 0 radical (unpaired) electrons. The summed E-state index contributed by atoms with van der Waals surface area (Å²) < 4.78 is 0. The molecule has 0 aliphatic rings. The van der Waals surface area contributed by atoms with Gasteiger partial charge in [-0.1, -0.05) is 45.9 Å². The summed E-state index contributed by atoms with van der Waals surface area (Å²) in [5, 5.41) is 0. The van der Waals surface area contributed by atoms with E-state index in [4.69, 9.17) is 0 Å². The van der Waals surface area contributed by atoms with Crippen LogP contribution in [0.1, 0.15) is 44.4 Å². The highest BCUT2D eigenvalue weighted by molar-refractivity contribution is 5.35. The number of rotatable bonds is 4. The van der Waals surface area contributed by atoms with Crippen LogP contribution in [0.2, 0.25) is 0 Å². The Kier molecular flexibility index (Phi) is 4.19. The lowest BCUT2D eigenvalue weighted by molar-refractivity contribution is 0.642. The lowest BCUT2D eigenvalue weighted by Crippen LogP contribution is -2.02. The van der Waals surface area contributed by atoms with E-state index in [-0.39, 0.29) is 0 Å². The maximum Gasteiger partial charge on any atom is -0.0253 e. The Balaban J connectivity index is 3.02. The zero-order valence-electron chi connectivity index (χ0n) is 9.93. The van der Waals surface area contributed by atoms with E-state index in [0.717, 1.165) is 12.3 Å². The highest BCUT2D eigenvalue weighted by Gasteiger charge is 2.06. The second-order valence-corrected chi connectivity index (χ2v) is 4.36. The molecule has 0 nitrogen and oxygen atoms in total. The first-order valence-electron chi connectivity index (χ1n) is 5.78. The molecule has 0 saturated carbocycles. The molecule has 0 atom stereocenters. The quantitative estimate of drug-likeness (QED) is 0.673. The summed E-state index contributed by atoms with van der Waals surface area (Å²) >= 11 is 0. The minimum Gasteiger partial charge on any atom is -0.0625 e. The molecule has 0 fully saturated rings. The second-order valence-electron chi connectivity index (χ2n) is 4.36. The average Bonchev–Trinajstić information content (AvgIpc) is 2.16. The Bertz CT molecular complexity index is 284. The third-order valence-electron chi connectivity index (χ3n) is 2.73. The van der Waals surface area contributed by atoms with E-state index >= 15 is 0 Å². The van der Waals surface area contributed by atoms with Crippen LogP contribution >= 0.6 is 0 Å². The van der Waals surface area contributed by atoms with Crippen LogP contribution in [-0.4, -0.2) is 0 Å². The Morgan fingerprint density at radius 3 is 2.14 bits per heavy atom. The van der Waals surface area contributed by atoms with Crippen LogP contribution in [0.15, 0.2) is 18.2 Å². The molecule has 0 aromatic heterocycles. The summed E-state index contributed by atoms with van der Waals surface area (Å²) in [6.07, 6.45) is 3.55. The van der Waals surface area contributed by atoms with Gasteiger partial charge in [0.1, 0.15) is 0 Å². The largest absolute Gasteiger partial charge is 0.0625 e. The molecule has 78 valence electrons. The molecule has 1 rings (SSSR count). The highest BCUT2D eigenvalue weighted by atomic mass is 14.1. The predicted molar refractivity (Wildman–Crippen MR) is 63.7 cm³/mol. The van der Waals surface area contributed by atoms with Crippen LogP contribution in [0, 0.1) is 5.92 Å². The van der Waals surface area contributed by atoms with Crippen molar-refractivity contribution in [3.05, 3.63) is 34.9 Å². The van der Waals surface area contributed by atoms with Crippen molar-refractivity contribution in [2.75, 3.05) is 0 Å². The summed E-state index contributed by atoms with van der Waals surface area (Å²) in [7, 11) is 0. The van der Waals surface area contributed by atoms with E-state index in [2.05, 4.69) is 45.9 Å². The van der Waals surface area contributed by atoms with E-state index < -0.39 is 0 Å². The summed E-state index contributed by atoms with van der Waals surface area (Å²) in [6, 6.07) is 6.76. The third-order valence-corrected chi connectivity index (χ3v) is 2.73. The molecular formula is C14H22. The van der Waals surface area contributed by atoms with Crippen molar-refractivity contribution in [2.24, 2.45) is 5.92 Å². The SMILES string of the molecule is CCc1cccc(CC(C)C)c1CC. The average molecular weight is 190 g/mol. The lowest BCUT2D eigenvalue weighted by Gasteiger charge is -2.13. The standard InChI is InChI=1S/C14H22/c1-5-12-8-7-9-13(10-11(3)4)14(12)6-2/h7-9,11H,5-6,10H2,1-4H3. The maximum atomic E-state index is 2.29. The normalized spacial score (nSPS) is 10.9. The van der Waals surface area contributed by atoms with Gasteiger partial charge in [0.05, 0.1) is 0 Å². The molecular weight excluding hydrogens is 168 g/mol. The summed E-state index contributed by atoms with van der Waals surface area (Å²) in [4.78, 5) is 0. The monoisotopic (exact) mass is 190 g/mol. The molecule has 0 aliphatic carbocycles. The fourth-order valence-electron chi connectivity index (χ4n) is 2.10. The van der Waals surface area contributed by atoms with E-state index in [0.29, 0.717) is 0 Å². The van der Waals surface area contributed by atoms with Crippen molar-refractivity contribution >= 4 is 0 Å². The zero-order chi connectivity index (χ0) is 10.6. The van der Waals surface area contributed by atoms with Gasteiger partial charge in [-0.05, 0) is 41.9 Å². The molecule has 0 amide bonds. The Morgan fingerprint density at radius 2 is 1.64 bits per heavy atom. The van der Waals surface area contributed by atoms with Gasteiger partial charge in [-0.25, -0.2) is 0 Å². The smallest absolute Gasteiger partial charge is 0.0253 e. The number of aryl methyl sites for hydroxylation is 1. The van der Waals surface area contributed by atoms with E-state index in [1.54, 1.807) is 11.1 Å². The minimum atomic E-state index is 0.757. The molecule has 0 saturated heterocycles. The van der Waals surface area contributed by atoms with Gasteiger partial charge in [-0.2, -0.15) is 0 Å². The van der Waals surface area contributed by atoms with Crippen LogP contribution in [0.25, 0.3) is 0 Å². The summed E-state index contributed by atoms with van der Waals surface area (Å²) in [5.74, 6) is 0.757. The first-order valence-corrected chi connectivity index (χ1v) is 5.78. The minimum absolute atomic E-state index is 0.757.